The second kappa shape index (κ2) is 5.85. The Bertz CT molecular complexity index is 567. The fraction of sp³-hybridized carbons (Fsp3) is 0.455. The Morgan fingerprint density at radius 1 is 1.60 bits per heavy atom. The SMILES string of the molecule is [C-]#[N+]c1ncc(CC(=O)[C@@](C)(O)CBr)c[n+]1C(F)(F)F. The molecule has 0 unspecified atom stereocenters. The maximum atomic E-state index is 12.7. The second-order valence-corrected chi connectivity index (χ2v) is 4.78. The summed E-state index contributed by atoms with van der Waals surface area (Å²) in [5.74, 6) is -1.50. The molecule has 1 aromatic rings. The third kappa shape index (κ3) is 3.74. The highest BCUT2D eigenvalue weighted by molar-refractivity contribution is 9.09. The van der Waals surface area contributed by atoms with Crippen molar-refractivity contribution in [2.45, 2.75) is 25.2 Å². The molecule has 0 saturated heterocycles. The largest absolute Gasteiger partial charge is 0.581 e. The van der Waals surface area contributed by atoms with Crippen LogP contribution in [0.3, 0.4) is 0 Å². The zero-order chi connectivity index (χ0) is 15.6. The molecular formula is C11H10BrF3N3O2+. The van der Waals surface area contributed by atoms with Gasteiger partial charge in [0.25, 0.3) is 0 Å². The van der Waals surface area contributed by atoms with Gasteiger partial charge in [-0.2, -0.15) is 0 Å². The zero-order valence-electron chi connectivity index (χ0n) is 10.3. The lowest BCUT2D eigenvalue weighted by Gasteiger charge is -2.17. The Hall–Kier alpha value is -1.53. The van der Waals surface area contributed by atoms with Gasteiger partial charge in [0.2, 0.25) is 0 Å². The van der Waals surface area contributed by atoms with Crippen LogP contribution in [0.4, 0.5) is 19.1 Å². The summed E-state index contributed by atoms with van der Waals surface area (Å²) < 4.78 is 37.8. The van der Waals surface area contributed by atoms with Gasteiger partial charge in [-0.05, 0) is 18.5 Å². The van der Waals surface area contributed by atoms with E-state index in [1.807, 2.05) is 0 Å². The van der Waals surface area contributed by atoms with E-state index in [0.29, 0.717) is 6.20 Å². The predicted molar refractivity (Wildman–Crippen MR) is 65.1 cm³/mol. The fourth-order valence-electron chi connectivity index (χ4n) is 1.27. The van der Waals surface area contributed by atoms with E-state index in [0.717, 1.165) is 6.20 Å². The van der Waals surface area contributed by atoms with E-state index in [1.54, 1.807) is 0 Å². The number of halogens is 4. The number of carbonyl (C=O) groups is 1. The Kier molecular flexibility index (Phi) is 4.83. The fourth-order valence-corrected chi connectivity index (χ4v) is 1.58. The van der Waals surface area contributed by atoms with Gasteiger partial charge >= 0.3 is 12.2 Å². The van der Waals surface area contributed by atoms with Crippen molar-refractivity contribution in [3.63, 3.8) is 0 Å². The van der Waals surface area contributed by atoms with Gasteiger partial charge in [0.15, 0.2) is 12.0 Å². The lowest BCUT2D eigenvalue weighted by Crippen LogP contribution is -2.48. The summed E-state index contributed by atoms with van der Waals surface area (Å²) >= 11 is 2.94. The molecule has 0 spiro atoms. The third-order valence-electron chi connectivity index (χ3n) is 2.45. The number of carbonyl (C=O) groups excluding carboxylic acids is 1. The summed E-state index contributed by atoms with van der Waals surface area (Å²) in [6.07, 6.45) is -3.58. The number of hydrogen-bond acceptors (Lipinski definition) is 3. The van der Waals surface area contributed by atoms with Gasteiger partial charge in [-0.1, -0.05) is 15.9 Å². The summed E-state index contributed by atoms with van der Waals surface area (Å²) in [6, 6.07) is 0. The van der Waals surface area contributed by atoms with Crippen LogP contribution in [0.1, 0.15) is 12.5 Å². The van der Waals surface area contributed by atoms with Crippen LogP contribution < -0.4 is 4.57 Å². The van der Waals surface area contributed by atoms with E-state index >= 15 is 0 Å². The number of hydrogen-bond donors (Lipinski definition) is 1. The van der Waals surface area contributed by atoms with Crippen molar-refractivity contribution in [1.82, 2.24) is 4.98 Å². The lowest BCUT2D eigenvalue weighted by atomic mass is 9.98. The first-order chi connectivity index (χ1) is 9.11. The van der Waals surface area contributed by atoms with Crippen LogP contribution in [0.25, 0.3) is 4.85 Å². The van der Waals surface area contributed by atoms with E-state index in [2.05, 4.69) is 25.8 Å². The molecule has 0 radical (unpaired) electrons. The van der Waals surface area contributed by atoms with E-state index < -0.39 is 30.1 Å². The van der Waals surface area contributed by atoms with Crippen molar-refractivity contribution < 1.29 is 27.6 Å². The molecule has 0 saturated carbocycles. The smallest absolute Gasteiger partial charge is 0.381 e. The molecule has 1 N–H and O–H groups in total. The molecule has 108 valence electrons. The van der Waals surface area contributed by atoms with Crippen molar-refractivity contribution in [2.75, 3.05) is 5.33 Å². The molecule has 0 aliphatic heterocycles. The molecule has 9 heteroatoms. The molecule has 5 nitrogen and oxygen atoms in total. The molecule has 1 aromatic heterocycles. The molecule has 0 fully saturated rings. The molecule has 1 rings (SSSR count). The van der Waals surface area contributed by atoms with E-state index in [9.17, 15) is 23.1 Å². The van der Waals surface area contributed by atoms with Gasteiger partial charge in [-0.15, -0.1) is 17.7 Å². The van der Waals surface area contributed by atoms with Crippen LogP contribution in [-0.4, -0.2) is 26.8 Å². The first kappa shape index (κ1) is 16.5. The van der Waals surface area contributed by atoms with Crippen LogP contribution >= 0.6 is 15.9 Å². The summed E-state index contributed by atoms with van der Waals surface area (Å²) in [5.41, 5.74) is -1.72. The van der Waals surface area contributed by atoms with E-state index in [4.69, 9.17) is 6.57 Å². The van der Waals surface area contributed by atoms with Gasteiger partial charge in [0.1, 0.15) is 11.8 Å². The Morgan fingerprint density at radius 2 is 2.20 bits per heavy atom. The van der Waals surface area contributed by atoms with Gasteiger partial charge in [-0.3, -0.25) is 9.64 Å². The van der Waals surface area contributed by atoms with Crippen molar-refractivity contribution in [3.05, 3.63) is 29.4 Å². The topological polar surface area (TPSA) is 58.4 Å². The normalized spacial score (nSPS) is 14.4. The predicted octanol–water partition coefficient (Wildman–Crippen LogP) is 1.65. The van der Waals surface area contributed by atoms with Gasteiger partial charge < -0.3 is 5.11 Å². The van der Waals surface area contributed by atoms with Crippen molar-refractivity contribution in [2.24, 2.45) is 0 Å². The van der Waals surface area contributed by atoms with Crippen LogP contribution in [0, 0.1) is 6.57 Å². The number of nitrogens with zero attached hydrogens (tertiary/aromatic N) is 3. The minimum absolute atomic E-state index is 0.0360. The number of ketones is 1. The van der Waals surface area contributed by atoms with Gasteiger partial charge in [0.05, 0.1) is 5.56 Å². The van der Waals surface area contributed by atoms with Gasteiger partial charge in [0, 0.05) is 11.8 Å². The number of aromatic nitrogens is 2. The monoisotopic (exact) mass is 352 g/mol. The van der Waals surface area contributed by atoms with Crippen LogP contribution in [-0.2, 0) is 17.5 Å². The minimum Gasteiger partial charge on any atom is -0.381 e. The molecule has 0 bridgehead atoms. The molecule has 20 heavy (non-hydrogen) atoms. The van der Waals surface area contributed by atoms with Crippen LogP contribution in [0.5, 0.6) is 0 Å². The molecule has 0 aliphatic carbocycles. The number of rotatable bonds is 4. The van der Waals surface area contributed by atoms with E-state index in [-0.39, 0.29) is 15.5 Å². The van der Waals surface area contributed by atoms with Crippen molar-refractivity contribution >= 4 is 27.7 Å². The Morgan fingerprint density at radius 3 is 2.65 bits per heavy atom. The highest BCUT2D eigenvalue weighted by Gasteiger charge is 2.42. The van der Waals surface area contributed by atoms with E-state index in [1.165, 1.54) is 6.92 Å². The minimum atomic E-state index is -4.80. The number of alkyl halides is 4. The highest BCUT2D eigenvalue weighted by Crippen LogP contribution is 2.19. The summed E-state index contributed by atoms with van der Waals surface area (Å²) in [6.45, 7) is 7.89. The number of aliphatic hydroxyl groups is 1. The van der Waals surface area contributed by atoms with Crippen molar-refractivity contribution in [3.8, 4) is 0 Å². The molecular weight excluding hydrogens is 343 g/mol. The average molecular weight is 353 g/mol. The van der Waals surface area contributed by atoms with Crippen LogP contribution in [0.2, 0.25) is 0 Å². The zero-order valence-corrected chi connectivity index (χ0v) is 11.9. The molecule has 1 heterocycles. The van der Waals surface area contributed by atoms with Crippen molar-refractivity contribution in [1.29, 1.82) is 0 Å². The standard InChI is InChI=1S/C11H10BrF3N3O2/c1-10(20,6-12)8(19)3-7-4-17-9(16-2)18(5-7)11(13,14)15/h4-5,20H,3,6H2,1H3/q+1/t10-/m0/s1. The Labute approximate surface area is 121 Å². The first-order valence-corrected chi connectivity index (χ1v) is 6.41. The second-order valence-electron chi connectivity index (χ2n) is 4.22. The molecule has 0 aliphatic rings. The first-order valence-electron chi connectivity index (χ1n) is 5.28. The highest BCUT2D eigenvalue weighted by atomic mass is 79.9. The third-order valence-corrected chi connectivity index (χ3v) is 3.55. The maximum Gasteiger partial charge on any atom is 0.581 e. The Balaban J connectivity index is 3.12. The average Bonchev–Trinajstić information content (AvgIpc) is 2.37. The molecule has 1 atom stereocenters. The lowest BCUT2D eigenvalue weighted by molar-refractivity contribution is -0.845. The molecule has 0 amide bonds. The maximum absolute atomic E-state index is 12.7. The molecule has 0 aromatic carbocycles. The summed E-state index contributed by atoms with van der Waals surface area (Å²) in [5, 5.41) is 9.65. The summed E-state index contributed by atoms with van der Waals surface area (Å²) in [4.78, 5) is 17.8. The van der Waals surface area contributed by atoms with Gasteiger partial charge in [-0.25, -0.2) is 0 Å². The quantitative estimate of drug-likeness (QED) is 0.509. The summed E-state index contributed by atoms with van der Waals surface area (Å²) in [7, 11) is 0. The number of Topliss-reactive ketones (excluding diaryl/α,β-unsaturated/α-hetero) is 1. The van der Waals surface area contributed by atoms with Crippen LogP contribution in [0.15, 0.2) is 12.4 Å².